The molecule has 0 radical (unpaired) electrons. The summed E-state index contributed by atoms with van der Waals surface area (Å²) in [5.74, 6) is 1.00. The van der Waals surface area contributed by atoms with Gasteiger partial charge in [-0.3, -0.25) is 9.69 Å². The number of morpholine rings is 1. The van der Waals surface area contributed by atoms with Crippen LogP contribution in [-0.4, -0.2) is 43.7 Å². The number of fused-ring (bicyclic) bond motifs is 1. The average Bonchev–Trinajstić information content (AvgIpc) is 3.32. The molecule has 6 heteroatoms. The third-order valence-corrected chi connectivity index (χ3v) is 4.86. The molecule has 6 nitrogen and oxygen atoms in total. The van der Waals surface area contributed by atoms with Gasteiger partial charge in [-0.2, -0.15) is 0 Å². The van der Waals surface area contributed by atoms with E-state index in [2.05, 4.69) is 10.2 Å². The van der Waals surface area contributed by atoms with Crippen molar-refractivity contribution in [1.29, 1.82) is 0 Å². The molecule has 1 aliphatic heterocycles. The van der Waals surface area contributed by atoms with Crippen LogP contribution in [0.5, 0.6) is 0 Å². The largest absolute Gasteiger partial charge is 0.468 e. The molecule has 0 bridgehead atoms. The van der Waals surface area contributed by atoms with Gasteiger partial charge in [0, 0.05) is 30.6 Å². The molecular weight excluding hydrogens is 332 g/mol. The summed E-state index contributed by atoms with van der Waals surface area (Å²) in [6.07, 6.45) is 1.66. The normalized spacial score (nSPS) is 16.7. The molecule has 1 N–H and O–H groups in total. The Morgan fingerprint density at radius 3 is 2.73 bits per heavy atom. The second-order valence-electron chi connectivity index (χ2n) is 6.44. The van der Waals surface area contributed by atoms with E-state index in [1.165, 1.54) is 0 Å². The molecule has 136 valence electrons. The van der Waals surface area contributed by atoms with Crippen LogP contribution in [0, 0.1) is 6.92 Å². The van der Waals surface area contributed by atoms with Crippen molar-refractivity contribution in [3.8, 4) is 0 Å². The number of nitrogens with zero attached hydrogens (tertiary/aromatic N) is 1. The molecule has 26 heavy (non-hydrogen) atoms. The quantitative estimate of drug-likeness (QED) is 0.762. The summed E-state index contributed by atoms with van der Waals surface area (Å²) in [5, 5.41) is 3.98. The van der Waals surface area contributed by atoms with Crippen molar-refractivity contribution >= 4 is 16.9 Å². The number of hydrogen-bond acceptors (Lipinski definition) is 5. The molecule has 3 heterocycles. The molecule has 0 saturated carbocycles. The lowest BCUT2D eigenvalue weighted by Crippen LogP contribution is -2.43. The maximum Gasteiger partial charge on any atom is 0.287 e. The van der Waals surface area contributed by atoms with E-state index in [-0.39, 0.29) is 11.9 Å². The van der Waals surface area contributed by atoms with E-state index < -0.39 is 0 Å². The number of carbonyl (C=O) groups excluding carboxylic acids is 1. The van der Waals surface area contributed by atoms with Crippen molar-refractivity contribution < 1.29 is 18.4 Å². The lowest BCUT2D eigenvalue weighted by atomic mass is 10.1. The molecule has 3 aromatic rings. The van der Waals surface area contributed by atoms with Gasteiger partial charge in [0.25, 0.3) is 5.91 Å². The van der Waals surface area contributed by atoms with Crippen LogP contribution in [0.1, 0.15) is 27.9 Å². The minimum Gasteiger partial charge on any atom is -0.468 e. The summed E-state index contributed by atoms with van der Waals surface area (Å²) in [4.78, 5) is 15.0. The van der Waals surface area contributed by atoms with Gasteiger partial charge >= 0.3 is 0 Å². The Morgan fingerprint density at radius 2 is 2.00 bits per heavy atom. The van der Waals surface area contributed by atoms with Gasteiger partial charge in [-0.15, -0.1) is 0 Å². The Balaban J connectivity index is 1.51. The van der Waals surface area contributed by atoms with Gasteiger partial charge in [-0.05, 0) is 25.1 Å². The van der Waals surface area contributed by atoms with Gasteiger partial charge in [0.1, 0.15) is 11.3 Å². The van der Waals surface area contributed by atoms with Gasteiger partial charge in [-0.1, -0.05) is 18.2 Å². The van der Waals surface area contributed by atoms with Crippen LogP contribution in [0.15, 0.2) is 51.5 Å². The van der Waals surface area contributed by atoms with Gasteiger partial charge in [0.2, 0.25) is 0 Å². The number of para-hydroxylation sites is 1. The van der Waals surface area contributed by atoms with Crippen molar-refractivity contribution in [2.45, 2.75) is 13.0 Å². The zero-order chi connectivity index (χ0) is 17.9. The molecule has 4 rings (SSSR count). The highest BCUT2D eigenvalue weighted by atomic mass is 16.5. The number of rotatable bonds is 5. The van der Waals surface area contributed by atoms with E-state index in [1.54, 1.807) is 6.26 Å². The maximum absolute atomic E-state index is 12.7. The van der Waals surface area contributed by atoms with Crippen molar-refractivity contribution in [2.75, 3.05) is 32.8 Å². The SMILES string of the molecule is Cc1c(C(=O)NC[C@@H](c2ccco2)N2CCOCC2)oc2ccccc12. The Labute approximate surface area is 151 Å². The third kappa shape index (κ3) is 3.25. The standard InChI is InChI=1S/C20H22N2O4/c1-14-15-5-2-3-6-17(15)26-19(14)20(23)21-13-16(18-7-4-10-25-18)22-8-11-24-12-9-22/h2-7,10,16H,8-9,11-13H2,1H3,(H,21,23)/t16-/m0/s1. The second kappa shape index (κ2) is 7.35. The van der Waals surface area contributed by atoms with Gasteiger partial charge in [-0.25, -0.2) is 0 Å². The smallest absolute Gasteiger partial charge is 0.287 e. The predicted molar refractivity (Wildman–Crippen MR) is 97.1 cm³/mol. The van der Waals surface area contributed by atoms with Crippen molar-refractivity contribution in [1.82, 2.24) is 10.2 Å². The lowest BCUT2D eigenvalue weighted by molar-refractivity contribution is 0.0117. The summed E-state index contributed by atoms with van der Waals surface area (Å²) in [6.45, 7) is 5.35. The van der Waals surface area contributed by atoms with Crippen molar-refractivity contribution in [2.24, 2.45) is 0 Å². The molecule has 1 amide bonds. The average molecular weight is 354 g/mol. The topological polar surface area (TPSA) is 67.9 Å². The maximum atomic E-state index is 12.7. The molecule has 1 aliphatic rings. The zero-order valence-corrected chi connectivity index (χ0v) is 14.7. The van der Waals surface area contributed by atoms with Crippen LogP contribution >= 0.6 is 0 Å². The number of hydrogen-bond donors (Lipinski definition) is 1. The first-order valence-electron chi connectivity index (χ1n) is 8.85. The van der Waals surface area contributed by atoms with Crippen LogP contribution in [0.3, 0.4) is 0 Å². The summed E-state index contributed by atoms with van der Waals surface area (Å²) in [5.41, 5.74) is 1.59. The number of furan rings is 2. The summed E-state index contributed by atoms with van der Waals surface area (Å²) in [6, 6.07) is 11.5. The zero-order valence-electron chi connectivity index (χ0n) is 14.7. The predicted octanol–water partition coefficient (Wildman–Crippen LogP) is 3.14. The van der Waals surface area contributed by atoms with E-state index >= 15 is 0 Å². The fourth-order valence-corrected chi connectivity index (χ4v) is 3.44. The van der Waals surface area contributed by atoms with Crippen LogP contribution < -0.4 is 5.32 Å². The van der Waals surface area contributed by atoms with Crippen LogP contribution in [0.4, 0.5) is 0 Å². The number of amides is 1. The summed E-state index contributed by atoms with van der Waals surface area (Å²) in [7, 11) is 0. The van der Waals surface area contributed by atoms with Crippen molar-refractivity contribution in [3.05, 3.63) is 59.7 Å². The van der Waals surface area contributed by atoms with E-state index in [4.69, 9.17) is 13.6 Å². The number of nitrogens with one attached hydrogen (secondary N) is 1. The Kier molecular flexibility index (Phi) is 4.77. The number of aryl methyl sites for hydroxylation is 1. The first-order valence-corrected chi connectivity index (χ1v) is 8.85. The molecule has 0 unspecified atom stereocenters. The number of carbonyl (C=O) groups is 1. The number of ether oxygens (including phenoxy) is 1. The van der Waals surface area contributed by atoms with Gasteiger partial charge < -0.3 is 18.9 Å². The highest BCUT2D eigenvalue weighted by Crippen LogP contribution is 2.26. The van der Waals surface area contributed by atoms with E-state index in [0.717, 1.165) is 35.4 Å². The molecule has 0 aliphatic carbocycles. The Bertz CT molecular complexity index is 878. The molecule has 1 aromatic carbocycles. The van der Waals surface area contributed by atoms with Crippen LogP contribution in [0.25, 0.3) is 11.0 Å². The molecule has 1 saturated heterocycles. The first-order chi connectivity index (χ1) is 12.7. The van der Waals surface area contributed by atoms with E-state index in [0.29, 0.717) is 25.5 Å². The van der Waals surface area contributed by atoms with Gasteiger partial charge in [0.15, 0.2) is 5.76 Å². The lowest BCUT2D eigenvalue weighted by Gasteiger charge is -2.33. The first kappa shape index (κ1) is 16.9. The monoisotopic (exact) mass is 354 g/mol. The number of benzene rings is 1. The highest BCUT2D eigenvalue weighted by Gasteiger charge is 2.26. The Morgan fingerprint density at radius 1 is 1.19 bits per heavy atom. The third-order valence-electron chi connectivity index (χ3n) is 4.86. The Hall–Kier alpha value is -2.57. The highest BCUT2D eigenvalue weighted by molar-refractivity contribution is 5.98. The summed E-state index contributed by atoms with van der Waals surface area (Å²) < 4.78 is 16.8. The van der Waals surface area contributed by atoms with E-state index in [1.807, 2.05) is 43.3 Å². The molecule has 0 spiro atoms. The van der Waals surface area contributed by atoms with Crippen LogP contribution in [-0.2, 0) is 4.74 Å². The van der Waals surface area contributed by atoms with Crippen LogP contribution in [0.2, 0.25) is 0 Å². The summed E-state index contributed by atoms with van der Waals surface area (Å²) >= 11 is 0. The van der Waals surface area contributed by atoms with E-state index in [9.17, 15) is 4.79 Å². The molecular formula is C20H22N2O4. The van der Waals surface area contributed by atoms with Gasteiger partial charge in [0.05, 0.1) is 25.5 Å². The fourth-order valence-electron chi connectivity index (χ4n) is 3.44. The fraction of sp³-hybridized carbons (Fsp3) is 0.350. The molecule has 2 aromatic heterocycles. The second-order valence-corrected chi connectivity index (χ2v) is 6.44. The minimum atomic E-state index is -0.205. The van der Waals surface area contributed by atoms with Crippen molar-refractivity contribution in [3.63, 3.8) is 0 Å². The molecule has 1 fully saturated rings. The minimum absolute atomic E-state index is 0.0254. The molecule has 1 atom stereocenters.